The molecular weight excluding hydrogens is 302 g/mol. The van der Waals surface area contributed by atoms with Crippen LogP contribution >= 0.6 is 0 Å². The molecule has 0 aliphatic carbocycles. The van der Waals surface area contributed by atoms with E-state index in [2.05, 4.69) is 30.4 Å². The summed E-state index contributed by atoms with van der Waals surface area (Å²) in [6.45, 7) is 9.36. The fourth-order valence-electron chi connectivity index (χ4n) is 3.11. The molecule has 1 aliphatic rings. The third-order valence-corrected chi connectivity index (χ3v) is 4.46. The third kappa shape index (κ3) is 5.21. The highest BCUT2D eigenvalue weighted by Crippen LogP contribution is 2.22. The second-order valence-corrected chi connectivity index (χ2v) is 7.24. The summed E-state index contributed by atoms with van der Waals surface area (Å²) in [5.74, 6) is 0.567. The van der Waals surface area contributed by atoms with Crippen LogP contribution in [-0.4, -0.2) is 55.7 Å². The molecule has 5 heteroatoms. The van der Waals surface area contributed by atoms with Gasteiger partial charge in [-0.15, -0.1) is 0 Å². The molecule has 0 bridgehead atoms. The molecule has 1 atom stereocenters. The van der Waals surface area contributed by atoms with Gasteiger partial charge < -0.3 is 19.9 Å². The van der Waals surface area contributed by atoms with Gasteiger partial charge in [0.15, 0.2) is 0 Å². The summed E-state index contributed by atoms with van der Waals surface area (Å²) >= 11 is 0. The highest BCUT2D eigenvalue weighted by molar-refractivity contribution is 5.90. The van der Waals surface area contributed by atoms with E-state index in [4.69, 9.17) is 4.74 Å². The number of ether oxygens (including phenoxy) is 1. The Morgan fingerprint density at radius 2 is 2.17 bits per heavy atom. The van der Waals surface area contributed by atoms with E-state index in [1.54, 1.807) is 0 Å². The van der Waals surface area contributed by atoms with Gasteiger partial charge in [-0.1, -0.05) is 12.1 Å². The number of nitrogens with zero attached hydrogens (tertiary/aromatic N) is 2. The number of benzene rings is 1. The number of hydrogen-bond acceptors (Lipinski definition) is 3. The van der Waals surface area contributed by atoms with Crippen molar-refractivity contribution in [1.82, 2.24) is 9.80 Å². The number of amides is 2. The van der Waals surface area contributed by atoms with E-state index in [1.807, 2.05) is 37.8 Å². The van der Waals surface area contributed by atoms with Gasteiger partial charge in [-0.2, -0.15) is 0 Å². The lowest BCUT2D eigenvalue weighted by Crippen LogP contribution is -2.34. The van der Waals surface area contributed by atoms with E-state index < -0.39 is 0 Å². The highest BCUT2D eigenvalue weighted by Gasteiger charge is 2.26. The van der Waals surface area contributed by atoms with Gasteiger partial charge in [0, 0.05) is 25.3 Å². The summed E-state index contributed by atoms with van der Waals surface area (Å²) in [5, 5.41) is 3.07. The molecule has 0 spiro atoms. The monoisotopic (exact) mass is 333 g/mol. The van der Waals surface area contributed by atoms with E-state index in [-0.39, 0.29) is 12.1 Å². The number of carbonyl (C=O) groups is 1. The van der Waals surface area contributed by atoms with E-state index in [1.165, 1.54) is 0 Å². The Kier molecular flexibility index (Phi) is 6.63. The zero-order valence-corrected chi connectivity index (χ0v) is 15.6. The number of likely N-dealkylation sites (tertiary alicyclic amines) is 1. The molecule has 1 aromatic rings. The summed E-state index contributed by atoms with van der Waals surface area (Å²) in [7, 11) is 4.16. The Bertz CT molecular complexity index is 558. The Hall–Kier alpha value is -1.59. The van der Waals surface area contributed by atoms with Crippen molar-refractivity contribution in [3.63, 3.8) is 0 Å². The Labute approximate surface area is 146 Å². The van der Waals surface area contributed by atoms with Gasteiger partial charge in [-0.25, -0.2) is 4.79 Å². The van der Waals surface area contributed by atoms with Crippen LogP contribution in [-0.2, 0) is 11.3 Å². The number of urea groups is 1. The van der Waals surface area contributed by atoms with Crippen molar-refractivity contribution in [1.29, 1.82) is 0 Å². The minimum Gasteiger partial charge on any atom is -0.374 e. The predicted octanol–water partition coefficient (Wildman–Crippen LogP) is 3.34. The zero-order chi connectivity index (χ0) is 17.7. The van der Waals surface area contributed by atoms with Crippen LogP contribution in [0, 0.1) is 12.8 Å². The van der Waals surface area contributed by atoms with Gasteiger partial charge in [0.05, 0.1) is 12.7 Å². The van der Waals surface area contributed by atoms with Gasteiger partial charge in [-0.3, -0.25) is 0 Å². The molecule has 5 nitrogen and oxygen atoms in total. The van der Waals surface area contributed by atoms with Crippen molar-refractivity contribution in [3.8, 4) is 0 Å². The van der Waals surface area contributed by atoms with Crippen LogP contribution in [0.3, 0.4) is 0 Å². The van der Waals surface area contributed by atoms with Crippen molar-refractivity contribution in [2.45, 2.75) is 39.9 Å². The Morgan fingerprint density at radius 1 is 1.42 bits per heavy atom. The maximum Gasteiger partial charge on any atom is 0.321 e. The maximum absolute atomic E-state index is 12.5. The first kappa shape index (κ1) is 18.7. The topological polar surface area (TPSA) is 44.8 Å². The number of hydrogen-bond donors (Lipinski definition) is 1. The van der Waals surface area contributed by atoms with Gasteiger partial charge in [0.2, 0.25) is 0 Å². The first-order chi connectivity index (χ1) is 11.4. The van der Waals surface area contributed by atoms with Crippen molar-refractivity contribution >= 4 is 11.7 Å². The smallest absolute Gasteiger partial charge is 0.321 e. The van der Waals surface area contributed by atoms with Crippen LogP contribution in [0.1, 0.15) is 31.4 Å². The molecule has 1 fully saturated rings. The number of rotatable bonds is 6. The lowest BCUT2D eigenvalue weighted by Gasteiger charge is -2.20. The van der Waals surface area contributed by atoms with Crippen LogP contribution < -0.4 is 5.32 Å². The molecule has 0 radical (unpaired) electrons. The van der Waals surface area contributed by atoms with Gasteiger partial charge in [0.1, 0.15) is 0 Å². The molecule has 1 aromatic carbocycles. The molecule has 1 saturated heterocycles. The van der Waals surface area contributed by atoms with E-state index in [0.29, 0.717) is 12.5 Å². The molecule has 0 aromatic heterocycles. The summed E-state index contributed by atoms with van der Waals surface area (Å²) in [6, 6.07) is 5.98. The second kappa shape index (κ2) is 8.49. The molecule has 2 rings (SSSR count). The van der Waals surface area contributed by atoms with E-state index in [9.17, 15) is 4.79 Å². The van der Waals surface area contributed by atoms with Crippen LogP contribution in [0.25, 0.3) is 0 Å². The number of nitrogens with one attached hydrogen (secondary N) is 1. The molecular formula is C19H31N3O2. The minimum atomic E-state index is 0.00119. The lowest BCUT2D eigenvalue weighted by molar-refractivity contribution is 0.0654. The largest absolute Gasteiger partial charge is 0.374 e. The fourth-order valence-corrected chi connectivity index (χ4v) is 3.11. The first-order valence-electron chi connectivity index (χ1n) is 8.77. The summed E-state index contributed by atoms with van der Waals surface area (Å²) in [5.41, 5.74) is 3.07. The molecule has 24 heavy (non-hydrogen) atoms. The Balaban J connectivity index is 1.96. The van der Waals surface area contributed by atoms with Crippen LogP contribution in [0.15, 0.2) is 18.2 Å². The molecule has 1 heterocycles. The quantitative estimate of drug-likeness (QED) is 0.868. The first-order valence-corrected chi connectivity index (χ1v) is 8.77. The highest BCUT2D eigenvalue weighted by atomic mass is 16.5. The van der Waals surface area contributed by atoms with Crippen LogP contribution in [0.4, 0.5) is 10.5 Å². The Morgan fingerprint density at radius 3 is 2.83 bits per heavy atom. The molecule has 0 unspecified atom stereocenters. The van der Waals surface area contributed by atoms with Crippen molar-refractivity contribution in [3.05, 3.63) is 29.3 Å². The van der Waals surface area contributed by atoms with Crippen LogP contribution in [0.5, 0.6) is 0 Å². The van der Waals surface area contributed by atoms with Crippen molar-refractivity contribution in [2.24, 2.45) is 5.92 Å². The van der Waals surface area contributed by atoms with E-state index >= 15 is 0 Å². The molecule has 134 valence electrons. The second-order valence-electron chi connectivity index (χ2n) is 7.24. The fraction of sp³-hybridized carbons (Fsp3) is 0.632. The van der Waals surface area contributed by atoms with Gasteiger partial charge in [0.25, 0.3) is 0 Å². The minimum absolute atomic E-state index is 0.00119. The number of carbonyl (C=O) groups excluding carboxylic acids is 1. The summed E-state index contributed by atoms with van der Waals surface area (Å²) in [6.07, 6.45) is 1.27. The number of anilines is 1. The molecule has 0 saturated carbocycles. The predicted molar refractivity (Wildman–Crippen MR) is 98.4 cm³/mol. The standard InChI is InChI=1S/C19H31N3O2/c1-14(2)24-13-17-7-6-8-18(15(17)3)20-19(23)22-10-9-16(12-22)11-21(4)5/h6-8,14,16H,9-13H2,1-5H3,(H,20,23)/t16-/m0/s1. The van der Waals surface area contributed by atoms with Crippen LogP contribution in [0.2, 0.25) is 0 Å². The average molecular weight is 333 g/mol. The lowest BCUT2D eigenvalue weighted by atomic mass is 10.1. The maximum atomic E-state index is 12.5. The van der Waals surface area contributed by atoms with E-state index in [0.717, 1.165) is 42.9 Å². The molecule has 1 aliphatic heterocycles. The SMILES string of the molecule is Cc1c(COC(C)C)cccc1NC(=O)N1CC[C@@H](CN(C)C)C1. The third-order valence-electron chi connectivity index (χ3n) is 4.46. The average Bonchev–Trinajstić information content (AvgIpc) is 2.95. The normalized spacial score (nSPS) is 17.8. The van der Waals surface area contributed by atoms with Crippen molar-refractivity contribution < 1.29 is 9.53 Å². The summed E-state index contributed by atoms with van der Waals surface area (Å²) < 4.78 is 5.69. The van der Waals surface area contributed by atoms with Gasteiger partial charge >= 0.3 is 6.03 Å². The van der Waals surface area contributed by atoms with Gasteiger partial charge in [-0.05, 0) is 64.4 Å². The van der Waals surface area contributed by atoms with Crippen molar-refractivity contribution in [2.75, 3.05) is 39.0 Å². The summed E-state index contributed by atoms with van der Waals surface area (Å²) in [4.78, 5) is 16.7. The molecule has 1 N–H and O–H groups in total. The molecule has 2 amide bonds. The zero-order valence-electron chi connectivity index (χ0n) is 15.6.